The molecule has 4 unspecified atom stereocenters. The summed E-state index contributed by atoms with van der Waals surface area (Å²) in [4.78, 5) is 50.9. The number of phenolic OH excluding ortho intramolecular Hbond substituents is 1. The number of phenols is 1. The molecule has 2 rings (SSSR count). The van der Waals surface area contributed by atoms with E-state index in [1.807, 2.05) is 27.7 Å². The molecule has 0 aliphatic carbocycles. The molecule has 6 N–H and O–H groups in total. The van der Waals surface area contributed by atoms with Crippen molar-refractivity contribution in [1.29, 1.82) is 0 Å². The number of aliphatic carboxylic acids is 1. The third-order valence-corrected chi connectivity index (χ3v) is 6.05. The first kappa shape index (κ1) is 29.1. The first-order valence-corrected chi connectivity index (χ1v) is 12.6. The summed E-state index contributed by atoms with van der Waals surface area (Å²) in [6.45, 7) is 8.33. The van der Waals surface area contributed by atoms with E-state index in [4.69, 9.17) is 0 Å². The SMILES string of the molecule is CC(C)CC(NC(=O)C(Cc1ccc(O)cc1)NC(=O)C(CC(C)C)NC(=O)C1CCCN1)C(=O)O. The number of benzene rings is 1. The third-order valence-electron chi connectivity index (χ3n) is 6.05. The van der Waals surface area contributed by atoms with Crippen LogP contribution in [0.15, 0.2) is 24.3 Å². The van der Waals surface area contributed by atoms with Crippen LogP contribution in [-0.4, -0.2) is 64.6 Å². The van der Waals surface area contributed by atoms with Crippen molar-refractivity contribution in [3.8, 4) is 5.75 Å². The summed E-state index contributed by atoms with van der Waals surface area (Å²) in [5.74, 6) is -2.35. The highest BCUT2D eigenvalue weighted by molar-refractivity contribution is 5.94. The van der Waals surface area contributed by atoms with Crippen LogP contribution in [0.2, 0.25) is 0 Å². The molecule has 10 nitrogen and oxygen atoms in total. The molecule has 0 spiro atoms. The Hall–Kier alpha value is -3.14. The predicted octanol–water partition coefficient (Wildman–Crippen LogP) is 1.32. The highest BCUT2D eigenvalue weighted by Crippen LogP contribution is 2.14. The molecule has 1 aromatic carbocycles. The average Bonchev–Trinajstić information content (AvgIpc) is 3.33. The second kappa shape index (κ2) is 13.8. The van der Waals surface area contributed by atoms with Crippen LogP contribution in [-0.2, 0) is 25.6 Å². The first-order valence-electron chi connectivity index (χ1n) is 12.6. The van der Waals surface area contributed by atoms with Crippen LogP contribution < -0.4 is 21.3 Å². The van der Waals surface area contributed by atoms with Gasteiger partial charge in [-0.25, -0.2) is 4.79 Å². The molecule has 1 fully saturated rings. The van der Waals surface area contributed by atoms with E-state index in [1.54, 1.807) is 12.1 Å². The summed E-state index contributed by atoms with van der Waals surface area (Å²) in [6, 6.07) is 2.83. The number of carbonyl (C=O) groups is 4. The Morgan fingerprint density at radius 1 is 0.889 bits per heavy atom. The second-order valence-electron chi connectivity index (χ2n) is 10.3. The Kier molecular flexibility index (Phi) is 11.2. The fourth-order valence-electron chi connectivity index (χ4n) is 4.20. The Bertz CT molecular complexity index is 896. The van der Waals surface area contributed by atoms with Crippen molar-refractivity contribution in [3.05, 3.63) is 29.8 Å². The maximum atomic E-state index is 13.3. The Balaban J connectivity index is 2.22. The van der Waals surface area contributed by atoms with Gasteiger partial charge in [-0.05, 0) is 61.8 Å². The zero-order chi connectivity index (χ0) is 26.8. The number of amides is 3. The van der Waals surface area contributed by atoms with E-state index >= 15 is 0 Å². The van der Waals surface area contributed by atoms with E-state index in [2.05, 4.69) is 21.3 Å². The minimum absolute atomic E-state index is 0.0337. The third kappa shape index (κ3) is 9.49. The van der Waals surface area contributed by atoms with Crippen molar-refractivity contribution in [3.63, 3.8) is 0 Å². The monoisotopic (exact) mass is 504 g/mol. The fourth-order valence-corrected chi connectivity index (χ4v) is 4.20. The average molecular weight is 505 g/mol. The number of carboxylic acid groups (broad SMARTS) is 1. The van der Waals surface area contributed by atoms with Gasteiger partial charge in [0.15, 0.2) is 0 Å². The standard InChI is InChI=1S/C26H40N4O6/c1-15(2)12-20(28-23(32)19-6-5-11-27-19)24(33)29-21(14-17-7-9-18(31)10-8-17)25(34)30-22(26(35)36)13-16(3)4/h7-10,15-16,19-22,27,31H,5-6,11-14H2,1-4H3,(H,28,32)(H,29,33)(H,30,34)(H,35,36). The van der Waals surface area contributed by atoms with Gasteiger partial charge in [0.05, 0.1) is 6.04 Å². The van der Waals surface area contributed by atoms with Gasteiger partial charge in [0.1, 0.15) is 23.9 Å². The van der Waals surface area contributed by atoms with Crippen LogP contribution in [0.4, 0.5) is 0 Å². The molecule has 1 saturated heterocycles. The lowest BCUT2D eigenvalue weighted by Gasteiger charge is -2.26. The summed E-state index contributed by atoms with van der Waals surface area (Å²) in [5.41, 5.74) is 0.670. The molecule has 3 amide bonds. The van der Waals surface area contributed by atoms with Crippen LogP contribution in [0.5, 0.6) is 5.75 Å². The molecule has 1 aliphatic heterocycles. The number of hydrogen-bond donors (Lipinski definition) is 6. The van der Waals surface area contributed by atoms with Crippen LogP contribution in [0, 0.1) is 11.8 Å². The van der Waals surface area contributed by atoms with Crippen molar-refractivity contribution in [2.24, 2.45) is 11.8 Å². The zero-order valence-electron chi connectivity index (χ0n) is 21.5. The van der Waals surface area contributed by atoms with Gasteiger partial charge in [-0.1, -0.05) is 39.8 Å². The van der Waals surface area contributed by atoms with Crippen molar-refractivity contribution >= 4 is 23.7 Å². The lowest BCUT2D eigenvalue weighted by atomic mass is 9.99. The summed E-state index contributed by atoms with van der Waals surface area (Å²) >= 11 is 0. The molecule has 4 atom stereocenters. The van der Waals surface area contributed by atoms with E-state index in [1.165, 1.54) is 12.1 Å². The van der Waals surface area contributed by atoms with E-state index in [9.17, 15) is 29.4 Å². The van der Waals surface area contributed by atoms with Gasteiger partial charge in [-0.15, -0.1) is 0 Å². The van der Waals surface area contributed by atoms with Crippen molar-refractivity contribution in [1.82, 2.24) is 21.3 Å². The molecule has 1 aromatic rings. The van der Waals surface area contributed by atoms with E-state index in [0.717, 1.165) is 13.0 Å². The van der Waals surface area contributed by atoms with E-state index in [-0.39, 0.29) is 42.4 Å². The highest BCUT2D eigenvalue weighted by atomic mass is 16.4. The van der Waals surface area contributed by atoms with Gasteiger partial charge in [0.25, 0.3) is 0 Å². The number of carbonyl (C=O) groups excluding carboxylic acids is 3. The molecule has 10 heteroatoms. The summed E-state index contributed by atoms with van der Waals surface area (Å²) < 4.78 is 0. The molecule has 0 aromatic heterocycles. The number of carboxylic acids is 1. The van der Waals surface area contributed by atoms with Crippen molar-refractivity contribution in [2.45, 2.75) is 84.0 Å². The van der Waals surface area contributed by atoms with Gasteiger partial charge >= 0.3 is 5.97 Å². The number of aromatic hydroxyl groups is 1. The van der Waals surface area contributed by atoms with Crippen LogP contribution >= 0.6 is 0 Å². The second-order valence-corrected chi connectivity index (χ2v) is 10.3. The topological polar surface area (TPSA) is 157 Å². The number of rotatable bonds is 13. The normalized spacial score (nSPS) is 17.9. The largest absolute Gasteiger partial charge is 0.508 e. The summed E-state index contributed by atoms with van der Waals surface area (Å²) in [5, 5.41) is 30.4. The summed E-state index contributed by atoms with van der Waals surface area (Å²) in [7, 11) is 0. The quantitative estimate of drug-likeness (QED) is 0.236. The highest BCUT2D eigenvalue weighted by Gasteiger charge is 2.32. The molecule has 36 heavy (non-hydrogen) atoms. The Labute approximate surface area is 212 Å². The van der Waals surface area contributed by atoms with E-state index in [0.29, 0.717) is 18.4 Å². The van der Waals surface area contributed by atoms with Crippen LogP contribution in [0.25, 0.3) is 0 Å². The molecule has 200 valence electrons. The molecular weight excluding hydrogens is 464 g/mol. The lowest BCUT2D eigenvalue weighted by Crippen LogP contribution is -2.57. The molecule has 1 aliphatic rings. The van der Waals surface area contributed by atoms with Gasteiger partial charge in [-0.3, -0.25) is 14.4 Å². The van der Waals surface area contributed by atoms with Gasteiger partial charge < -0.3 is 31.5 Å². The Morgan fingerprint density at radius 3 is 1.97 bits per heavy atom. The fraction of sp³-hybridized carbons (Fsp3) is 0.615. The molecule has 0 saturated carbocycles. The van der Waals surface area contributed by atoms with Crippen LogP contribution in [0.1, 0.15) is 58.9 Å². The Morgan fingerprint density at radius 2 is 1.44 bits per heavy atom. The van der Waals surface area contributed by atoms with Crippen molar-refractivity contribution in [2.75, 3.05) is 6.54 Å². The molecular formula is C26H40N4O6. The minimum atomic E-state index is -1.15. The minimum Gasteiger partial charge on any atom is -0.508 e. The maximum absolute atomic E-state index is 13.3. The summed E-state index contributed by atoms with van der Waals surface area (Å²) in [6.07, 6.45) is 2.28. The maximum Gasteiger partial charge on any atom is 0.326 e. The van der Waals surface area contributed by atoms with Gasteiger partial charge in [0, 0.05) is 6.42 Å². The van der Waals surface area contributed by atoms with Gasteiger partial charge in [0.2, 0.25) is 17.7 Å². The van der Waals surface area contributed by atoms with Gasteiger partial charge in [-0.2, -0.15) is 0 Å². The molecule has 1 heterocycles. The lowest BCUT2D eigenvalue weighted by molar-refractivity contribution is -0.142. The van der Waals surface area contributed by atoms with E-state index < -0.39 is 35.9 Å². The number of nitrogens with one attached hydrogen (secondary N) is 4. The van der Waals surface area contributed by atoms with Crippen molar-refractivity contribution < 1.29 is 29.4 Å². The molecule has 0 radical (unpaired) electrons. The number of hydrogen-bond acceptors (Lipinski definition) is 6. The smallest absolute Gasteiger partial charge is 0.326 e. The first-order chi connectivity index (χ1) is 17.0. The van der Waals surface area contributed by atoms with Crippen LogP contribution in [0.3, 0.4) is 0 Å². The molecule has 0 bridgehead atoms. The predicted molar refractivity (Wildman–Crippen MR) is 135 cm³/mol. The zero-order valence-corrected chi connectivity index (χ0v) is 21.5.